The van der Waals surface area contributed by atoms with Crippen molar-refractivity contribution < 1.29 is 9.72 Å². The van der Waals surface area contributed by atoms with Gasteiger partial charge in [0.15, 0.2) is 0 Å². The molecule has 0 spiro atoms. The molecule has 1 N–H and O–H groups in total. The van der Waals surface area contributed by atoms with Gasteiger partial charge in [0, 0.05) is 36.6 Å². The number of nitrogens with one attached hydrogen (secondary N) is 1. The Morgan fingerprint density at radius 2 is 1.88 bits per heavy atom. The fourth-order valence-corrected chi connectivity index (χ4v) is 4.95. The Kier molecular flexibility index (Phi) is 2.07. The first kappa shape index (κ1) is 11.0. The van der Waals surface area contributed by atoms with E-state index in [1.54, 1.807) is 0 Å². The number of nitro groups is 1. The lowest BCUT2D eigenvalue weighted by molar-refractivity contribution is -0.589. The van der Waals surface area contributed by atoms with Gasteiger partial charge in [-0.3, -0.25) is 14.9 Å². The van der Waals surface area contributed by atoms with Gasteiger partial charge in [-0.2, -0.15) is 0 Å². The molecule has 2 atom stereocenters. The van der Waals surface area contributed by atoms with E-state index in [0.717, 1.165) is 32.1 Å². The van der Waals surface area contributed by atoms with Crippen LogP contribution in [0, 0.1) is 22.0 Å². The Balaban J connectivity index is 1.94. The quantitative estimate of drug-likeness (QED) is 0.585. The largest absolute Gasteiger partial charge is 0.351 e. The maximum Gasteiger partial charge on any atom is 0.225 e. The summed E-state index contributed by atoms with van der Waals surface area (Å²) < 4.78 is 0. The van der Waals surface area contributed by atoms with E-state index in [0.29, 0.717) is 18.3 Å². The lowest BCUT2D eigenvalue weighted by Crippen LogP contribution is -2.67. The van der Waals surface area contributed by atoms with Crippen molar-refractivity contribution in [1.29, 1.82) is 0 Å². The van der Waals surface area contributed by atoms with Gasteiger partial charge in [-0.25, -0.2) is 0 Å². The van der Waals surface area contributed by atoms with Crippen LogP contribution in [0.25, 0.3) is 0 Å². The van der Waals surface area contributed by atoms with Crippen LogP contribution >= 0.6 is 0 Å². The summed E-state index contributed by atoms with van der Waals surface area (Å²) in [5.74, 6) is 0.826. The van der Waals surface area contributed by atoms with Crippen molar-refractivity contribution in [3.63, 3.8) is 0 Å². The van der Waals surface area contributed by atoms with Crippen LogP contribution in [-0.2, 0) is 4.79 Å². The third-order valence-corrected chi connectivity index (χ3v) is 4.86. The average Bonchev–Trinajstić information content (AvgIpc) is 2.12. The number of hydrogen-bond acceptors (Lipinski definition) is 3. The SMILES string of the molecule is CC(=O)NC12CC3CC(C1)CC([N+](=O)[O-])(C3)C2. The van der Waals surface area contributed by atoms with E-state index in [1.807, 2.05) is 0 Å². The first-order chi connectivity index (χ1) is 7.93. The lowest BCUT2D eigenvalue weighted by Gasteiger charge is -2.57. The first-order valence-electron chi connectivity index (χ1n) is 6.36. The second-order valence-corrected chi connectivity index (χ2v) is 6.40. The van der Waals surface area contributed by atoms with Crippen LogP contribution in [0.4, 0.5) is 0 Å². The van der Waals surface area contributed by atoms with Gasteiger partial charge in [0.1, 0.15) is 0 Å². The number of carbonyl (C=O) groups excluding carboxylic acids is 1. The van der Waals surface area contributed by atoms with Crippen molar-refractivity contribution in [3.8, 4) is 0 Å². The highest BCUT2D eigenvalue weighted by molar-refractivity contribution is 5.74. The van der Waals surface area contributed by atoms with Crippen molar-refractivity contribution in [1.82, 2.24) is 5.32 Å². The maximum absolute atomic E-state index is 11.4. The second kappa shape index (κ2) is 3.21. The number of nitrogens with zero attached hydrogens (tertiary/aromatic N) is 1. The number of rotatable bonds is 2. The Labute approximate surface area is 100 Å². The summed E-state index contributed by atoms with van der Waals surface area (Å²) in [6, 6.07) is 0. The molecular weight excluding hydrogens is 220 g/mol. The minimum Gasteiger partial charge on any atom is -0.351 e. The molecule has 0 radical (unpaired) electrons. The van der Waals surface area contributed by atoms with Crippen LogP contribution in [0.5, 0.6) is 0 Å². The van der Waals surface area contributed by atoms with Crippen molar-refractivity contribution in [2.75, 3.05) is 0 Å². The number of carbonyl (C=O) groups is 1. The maximum atomic E-state index is 11.4. The Morgan fingerprint density at radius 3 is 2.35 bits per heavy atom. The zero-order valence-electron chi connectivity index (χ0n) is 10.1. The topological polar surface area (TPSA) is 72.2 Å². The Hall–Kier alpha value is -1.13. The molecule has 4 rings (SSSR count). The smallest absolute Gasteiger partial charge is 0.225 e. The molecule has 2 unspecified atom stereocenters. The molecular formula is C12H18N2O3. The average molecular weight is 238 g/mol. The molecule has 1 amide bonds. The zero-order chi connectivity index (χ0) is 12.3. The lowest BCUT2D eigenvalue weighted by atomic mass is 9.50. The highest BCUT2D eigenvalue weighted by atomic mass is 16.6. The molecule has 0 aromatic heterocycles. The second-order valence-electron chi connectivity index (χ2n) is 6.40. The molecule has 4 bridgehead atoms. The fraction of sp³-hybridized carbons (Fsp3) is 0.917. The zero-order valence-corrected chi connectivity index (χ0v) is 10.1. The summed E-state index contributed by atoms with van der Waals surface area (Å²) in [4.78, 5) is 22.6. The summed E-state index contributed by atoms with van der Waals surface area (Å²) in [5, 5.41) is 14.4. The molecule has 5 heteroatoms. The van der Waals surface area contributed by atoms with Gasteiger partial charge in [-0.05, 0) is 31.1 Å². The van der Waals surface area contributed by atoms with Gasteiger partial charge in [0.2, 0.25) is 11.4 Å². The van der Waals surface area contributed by atoms with Crippen molar-refractivity contribution in [2.24, 2.45) is 11.8 Å². The third kappa shape index (κ3) is 1.55. The summed E-state index contributed by atoms with van der Waals surface area (Å²) in [6.45, 7) is 1.51. The van der Waals surface area contributed by atoms with Crippen molar-refractivity contribution in [2.45, 2.75) is 56.5 Å². The molecule has 0 aliphatic heterocycles. The van der Waals surface area contributed by atoms with E-state index >= 15 is 0 Å². The van der Waals surface area contributed by atoms with E-state index < -0.39 is 5.54 Å². The number of hydrogen-bond donors (Lipinski definition) is 1. The molecule has 4 fully saturated rings. The van der Waals surface area contributed by atoms with Gasteiger partial charge >= 0.3 is 0 Å². The summed E-state index contributed by atoms with van der Waals surface area (Å²) >= 11 is 0. The molecule has 5 nitrogen and oxygen atoms in total. The van der Waals surface area contributed by atoms with Crippen LogP contribution < -0.4 is 5.32 Å². The summed E-state index contributed by atoms with van der Waals surface area (Å²) in [6.07, 6.45) is 4.99. The van der Waals surface area contributed by atoms with Gasteiger partial charge in [-0.15, -0.1) is 0 Å². The predicted molar refractivity (Wildman–Crippen MR) is 61.0 cm³/mol. The van der Waals surface area contributed by atoms with E-state index in [1.165, 1.54) is 6.92 Å². The highest BCUT2D eigenvalue weighted by Gasteiger charge is 2.64. The first-order valence-corrected chi connectivity index (χ1v) is 6.36. The molecule has 0 aromatic carbocycles. The molecule has 4 aliphatic rings. The van der Waals surface area contributed by atoms with E-state index in [4.69, 9.17) is 0 Å². The van der Waals surface area contributed by atoms with Gasteiger partial charge < -0.3 is 5.32 Å². The van der Waals surface area contributed by atoms with Crippen LogP contribution in [0.2, 0.25) is 0 Å². The van der Waals surface area contributed by atoms with Crippen LogP contribution in [0.3, 0.4) is 0 Å². The van der Waals surface area contributed by atoms with Gasteiger partial charge in [-0.1, -0.05) is 0 Å². The molecule has 4 aliphatic carbocycles. The van der Waals surface area contributed by atoms with Crippen LogP contribution in [0.1, 0.15) is 45.4 Å². The summed E-state index contributed by atoms with van der Waals surface area (Å²) in [5.41, 5.74) is -1.02. The fourth-order valence-electron chi connectivity index (χ4n) is 4.95. The van der Waals surface area contributed by atoms with E-state index in [2.05, 4.69) is 5.32 Å². The Morgan fingerprint density at radius 1 is 1.29 bits per heavy atom. The molecule has 0 aromatic rings. The highest BCUT2D eigenvalue weighted by Crippen LogP contribution is 2.58. The van der Waals surface area contributed by atoms with Crippen LogP contribution in [0.15, 0.2) is 0 Å². The Bertz CT molecular complexity index is 379. The standard InChI is InChI=1S/C12H18N2O3/c1-8(15)13-11-3-9-2-10(4-11)6-12(5-9,7-11)14(16)17/h9-10H,2-7H2,1H3,(H,13,15). The minimum absolute atomic E-state index is 0.0505. The van der Waals surface area contributed by atoms with Crippen LogP contribution in [-0.4, -0.2) is 21.9 Å². The molecule has 4 saturated carbocycles. The van der Waals surface area contributed by atoms with Gasteiger partial charge in [0.25, 0.3) is 0 Å². The molecule has 94 valence electrons. The molecule has 0 heterocycles. The number of amides is 1. The monoisotopic (exact) mass is 238 g/mol. The predicted octanol–water partition coefficient (Wildman–Crippen LogP) is 1.49. The van der Waals surface area contributed by atoms with E-state index in [-0.39, 0.29) is 16.4 Å². The third-order valence-electron chi connectivity index (χ3n) is 4.86. The normalized spacial score (nSPS) is 46.9. The molecule has 0 saturated heterocycles. The van der Waals surface area contributed by atoms with Gasteiger partial charge in [0.05, 0.1) is 0 Å². The van der Waals surface area contributed by atoms with E-state index in [9.17, 15) is 14.9 Å². The molecule has 17 heavy (non-hydrogen) atoms. The van der Waals surface area contributed by atoms with Crippen molar-refractivity contribution >= 4 is 5.91 Å². The summed E-state index contributed by atoms with van der Waals surface area (Å²) in [7, 11) is 0. The minimum atomic E-state index is -0.744. The van der Waals surface area contributed by atoms with Crippen molar-refractivity contribution in [3.05, 3.63) is 10.1 Å².